The summed E-state index contributed by atoms with van der Waals surface area (Å²) in [6, 6.07) is 0.697. The Balaban J connectivity index is 2.26. The summed E-state index contributed by atoms with van der Waals surface area (Å²) in [5.41, 5.74) is 0. The standard InChI is InChI=1S/C12H26N2O/c1-11(6-4-7-13-3)14-8-5-9-15-12(2)10-14/h11-13H,4-10H2,1-3H3. The molecule has 3 heteroatoms. The Labute approximate surface area is 94.2 Å². The van der Waals surface area contributed by atoms with Gasteiger partial charge in [0.1, 0.15) is 0 Å². The van der Waals surface area contributed by atoms with Crippen LogP contribution in [0.25, 0.3) is 0 Å². The second kappa shape index (κ2) is 7.20. The third-order valence-corrected chi connectivity index (χ3v) is 3.16. The maximum absolute atomic E-state index is 5.65. The molecule has 0 saturated carbocycles. The lowest BCUT2D eigenvalue weighted by atomic mass is 10.1. The van der Waals surface area contributed by atoms with E-state index in [1.807, 2.05) is 7.05 Å². The van der Waals surface area contributed by atoms with Crippen LogP contribution in [0, 0.1) is 0 Å². The highest BCUT2D eigenvalue weighted by molar-refractivity contribution is 4.72. The summed E-state index contributed by atoms with van der Waals surface area (Å²) in [5.74, 6) is 0. The van der Waals surface area contributed by atoms with Crippen LogP contribution in [-0.2, 0) is 4.74 Å². The Hall–Kier alpha value is -0.120. The topological polar surface area (TPSA) is 24.5 Å². The molecule has 1 saturated heterocycles. The van der Waals surface area contributed by atoms with Crippen LogP contribution in [0.2, 0.25) is 0 Å². The van der Waals surface area contributed by atoms with Crippen molar-refractivity contribution in [3.8, 4) is 0 Å². The fourth-order valence-electron chi connectivity index (χ4n) is 2.18. The Morgan fingerprint density at radius 2 is 2.33 bits per heavy atom. The fraction of sp³-hybridized carbons (Fsp3) is 1.00. The van der Waals surface area contributed by atoms with Crippen molar-refractivity contribution in [3.05, 3.63) is 0 Å². The summed E-state index contributed by atoms with van der Waals surface area (Å²) in [5, 5.41) is 3.20. The fourth-order valence-corrected chi connectivity index (χ4v) is 2.18. The number of hydrogen-bond donors (Lipinski definition) is 1. The first-order chi connectivity index (χ1) is 7.24. The number of rotatable bonds is 5. The third-order valence-electron chi connectivity index (χ3n) is 3.16. The van der Waals surface area contributed by atoms with Gasteiger partial charge in [-0.25, -0.2) is 0 Å². The Bertz CT molecular complexity index is 164. The van der Waals surface area contributed by atoms with E-state index in [0.29, 0.717) is 12.1 Å². The van der Waals surface area contributed by atoms with E-state index in [1.54, 1.807) is 0 Å². The van der Waals surface area contributed by atoms with Crippen molar-refractivity contribution in [3.63, 3.8) is 0 Å². The molecule has 1 aliphatic rings. The first-order valence-corrected chi connectivity index (χ1v) is 6.24. The molecule has 0 bridgehead atoms. The smallest absolute Gasteiger partial charge is 0.0673 e. The largest absolute Gasteiger partial charge is 0.377 e. The SMILES string of the molecule is CNCCCC(C)N1CCCOC(C)C1. The number of ether oxygens (including phenoxy) is 1. The minimum atomic E-state index is 0.402. The lowest BCUT2D eigenvalue weighted by Gasteiger charge is -2.28. The molecule has 2 atom stereocenters. The molecule has 0 amide bonds. The zero-order valence-electron chi connectivity index (χ0n) is 10.5. The van der Waals surface area contributed by atoms with Gasteiger partial charge in [0, 0.05) is 25.7 Å². The van der Waals surface area contributed by atoms with Crippen LogP contribution >= 0.6 is 0 Å². The van der Waals surface area contributed by atoms with Crippen molar-refractivity contribution in [1.29, 1.82) is 0 Å². The molecule has 0 aliphatic carbocycles. The van der Waals surface area contributed by atoms with E-state index in [-0.39, 0.29) is 0 Å². The van der Waals surface area contributed by atoms with Gasteiger partial charge in [0.05, 0.1) is 6.10 Å². The van der Waals surface area contributed by atoms with Crippen molar-refractivity contribution in [2.24, 2.45) is 0 Å². The quantitative estimate of drug-likeness (QED) is 0.702. The molecule has 15 heavy (non-hydrogen) atoms. The van der Waals surface area contributed by atoms with E-state index in [1.165, 1.54) is 25.8 Å². The van der Waals surface area contributed by atoms with Crippen molar-refractivity contribution < 1.29 is 4.74 Å². The molecular weight excluding hydrogens is 188 g/mol. The van der Waals surface area contributed by atoms with E-state index in [2.05, 4.69) is 24.1 Å². The normalized spacial score (nSPS) is 26.2. The van der Waals surface area contributed by atoms with Gasteiger partial charge >= 0.3 is 0 Å². The van der Waals surface area contributed by atoms with Gasteiger partial charge < -0.3 is 10.1 Å². The molecule has 0 radical (unpaired) electrons. The van der Waals surface area contributed by atoms with Crippen LogP contribution in [0.4, 0.5) is 0 Å². The molecule has 1 aliphatic heterocycles. The zero-order chi connectivity index (χ0) is 11.1. The molecule has 90 valence electrons. The molecule has 1 rings (SSSR count). The van der Waals surface area contributed by atoms with Gasteiger partial charge in [-0.05, 0) is 46.7 Å². The molecule has 1 heterocycles. The summed E-state index contributed by atoms with van der Waals surface area (Å²) >= 11 is 0. The molecular formula is C12H26N2O. The predicted octanol–water partition coefficient (Wildman–Crippen LogP) is 1.49. The predicted molar refractivity (Wildman–Crippen MR) is 64.2 cm³/mol. The summed E-state index contributed by atoms with van der Waals surface area (Å²) in [6.45, 7) is 8.88. The van der Waals surface area contributed by atoms with Gasteiger partial charge in [0.25, 0.3) is 0 Å². The van der Waals surface area contributed by atoms with Gasteiger partial charge in [-0.1, -0.05) is 0 Å². The molecule has 0 aromatic rings. The van der Waals surface area contributed by atoms with Gasteiger partial charge in [-0.2, -0.15) is 0 Å². The van der Waals surface area contributed by atoms with Crippen LogP contribution in [0.1, 0.15) is 33.1 Å². The van der Waals surface area contributed by atoms with Crippen molar-refractivity contribution in [1.82, 2.24) is 10.2 Å². The molecule has 3 nitrogen and oxygen atoms in total. The van der Waals surface area contributed by atoms with E-state index in [4.69, 9.17) is 4.74 Å². The van der Waals surface area contributed by atoms with Crippen LogP contribution in [0.3, 0.4) is 0 Å². The van der Waals surface area contributed by atoms with Crippen molar-refractivity contribution in [2.45, 2.75) is 45.3 Å². The highest BCUT2D eigenvalue weighted by Gasteiger charge is 2.19. The van der Waals surface area contributed by atoms with E-state index in [9.17, 15) is 0 Å². The van der Waals surface area contributed by atoms with Crippen LogP contribution in [0.15, 0.2) is 0 Å². The second-order valence-corrected chi connectivity index (χ2v) is 4.62. The van der Waals surface area contributed by atoms with Gasteiger partial charge in [0.2, 0.25) is 0 Å². The van der Waals surface area contributed by atoms with Crippen molar-refractivity contribution in [2.75, 3.05) is 33.3 Å². The number of nitrogens with one attached hydrogen (secondary N) is 1. The Kier molecular flexibility index (Phi) is 6.22. The van der Waals surface area contributed by atoms with Gasteiger partial charge in [-0.3, -0.25) is 4.90 Å². The molecule has 1 N–H and O–H groups in total. The first-order valence-electron chi connectivity index (χ1n) is 6.24. The Morgan fingerprint density at radius 1 is 1.53 bits per heavy atom. The van der Waals surface area contributed by atoms with E-state index >= 15 is 0 Å². The summed E-state index contributed by atoms with van der Waals surface area (Å²) in [4.78, 5) is 2.58. The molecule has 0 aromatic heterocycles. The molecule has 2 unspecified atom stereocenters. The second-order valence-electron chi connectivity index (χ2n) is 4.62. The summed E-state index contributed by atoms with van der Waals surface area (Å²) < 4.78 is 5.65. The van der Waals surface area contributed by atoms with E-state index < -0.39 is 0 Å². The molecule has 0 spiro atoms. The van der Waals surface area contributed by atoms with Crippen LogP contribution < -0.4 is 5.32 Å². The summed E-state index contributed by atoms with van der Waals surface area (Å²) in [6.07, 6.45) is 4.14. The minimum absolute atomic E-state index is 0.402. The first kappa shape index (κ1) is 12.9. The van der Waals surface area contributed by atoms with Crippen molar-refractivity contribution >= 4 is 0 Å². The lowest BCUT2D eigenvalue weighted by Crippen LogP contribution is -2.37. The minimum Gasteiger partial charge on any atom is -0.377 e. The maximum atomic E-state index is 5.65. The number of hydrogen-bond acceptors (Lipinski definition) is 3. The molecule has 1 fully saturated rings. The average Bonchev–Trinajstić information content (AvgIpc) is 2.43. The van der Waals surface area contributed by atoms with Gasteiger partial charge in [0.15, 0.2) is 0 Å². The highest BCUT2D eigenvalue weighted by Crippen LogP contribution is 2.12. The van der Waals surface area contributed by atoms with Crippen LogP contribution in [0.5, 0.6) is 0 Å². The van der Waals surface area contributed by atoms with Crippen LogP contribution in [-0.4, -0.2) is 50.3 Å². The summed E-state index contributed by atoms with van der Waals surface area (Å²) in [7, 11) is 2.02. The maximum Gasteiger partial charge on any atom is 0.0673 e. The monoisotopic (exact) mass is 214 g/mol. The third kappa shape index (κ3) is 4.96. The van der Waals surface area contributed by atoms with Gasteiger partial charge in [-0.15, -0.1) is 0 Å². The Morgan fingerprint density at radius 3 is 3.07 bits per heavy atom. The average molecular weight is 214 g/mol. The van der Waals surface area contributed by atoms with E-state index in [0.717, 1.165) is 19.7 Å². The highest BCUT2D eigenvalue weighted by atomic mass is 16.5. The zero-order valence-corrected chi connectivity index (χ0v) is 10.5. The molecule has 0 aromatic carbocycles. The number of nitrogens with zero attached hydrogens (tertiary/aromatic N) is 1. The lowest BCUT2D eigenvalue weighted by molar-refractivity contribution is 0.0612.